The van der Waals surface area contributed by atoms with Gasteiger partial charge in [-0.1, -0.05) is 6.92 Å². The molecule has 19 heavy (non-hydrogen) atoms. The second kappa shape index (κ2) is 6.11. The first-order valence-electron chi connectivity index (χ1n) is 6.44. The molecule has 0 unspecified atom stereocenters. The molecule has 2 aromatic heterocycles. The van der Waals surface area contributed by atoms with Crippen LogP contribution < -0.4 is 4.90 Å². The smallest absolute Gasteiger partial charge is 0.129 e. The average molecular weight is 279 g/mol. The maximum atomic E-state index is 5.94. The summed E-state index contributed by atoms with van der Waals surface area (Å²) < 4.78 is 5.32. The lowest BCUT2D eigenvalue weighted by Gasteiger charge is -2.19. The lowest BCUT2D eigenvalue weighted by molar-refractivity contribution is 0.529. The van der Waals surface area contributed by atoms with Gasteiger partial charge in [0.2, 0.25) is 0 Å². The summed E-state index contributed by atoms with van der Waals surface area (Å²) in [5, 5.41) is 0. The number of aryl methyl sites for hydroxylation is 2. The monoisotopic (exact) mass is 278 g/mol. The second-order valence-electron chi connectivity index (χ2n) is 4.67. The molecular weight excluding hydrogens is 260 g/mol. The van der Waals surface area contributed by atoms with Crippen LogP contribution in [0.25, 0.3) is 0 Å². The molecule has 4 heteroatoms. The van der Waals surface area contributed by atoms with Gasteiger partial charge in [0.15, 0.2) is 0 Å². The van der Waals surface area contributed by atoms with Crippen LogP contribution in [0.4, 0.5) is 5.82 Å². The van der Waals surface area contributed by atoms with Crippen molar-refractivity contribution >= 4 is 17.4 Å². The summed E-state index contributed by atoms with van der Waals surface area (Å²) in [6.45, 7) is 4.86. The van der Waals surface area contributed by atoms with Crippen LogP contribution >= 0.6 is 11.6 Å². The first-order chi connectivity index (χ1) is 9.13. The number of furan rings is 1. The summed E-state index contributed by atoms with van der Waals surface area (Å²) in [7, 11) is 2.03. The number of hydrogen-bond donors (Lipinski definition) is 0. The minimum absolute atomic E-state index is 0.515. The summed E-state index contributed by atoms with van der Waals surface area (Å²) >= 11 is 5.94. The zero-order valence-electron chi connectivity index (χ0n) is 11.6. The van der Waals surface area contributed by atoms with Gasteiger partial charge in [-0.3, -0.25) is 0 Å². The van der Waals surface area contributed by atoms with Gasteiger partial charge in [-0.05, 0) is 37.1 Å². The van der Waals surface area contributed by atoms with Crippen LogP contribution in [0.1, 0.15) is 29.5 Å². The van der Waals surface area contributed by atoms with Gasteiger partial charge in [-0.2, -0.15) is 0 Å². The van der Waals surface area contributed by atoms with Gasteiger partial charge in [0.25, 0.3) is 0 Å². The lowest BCUT2D eigenvalue weighted by Crippen LogP contribution is -2.18. The molecule has 0 spiro atoms. The molecule has 0 saturated carbocycles. The molecule has 0 aromatic carbocycles. The van der Waals surface area contributed by atoms with Crippen molar-refractivity contribution < 1.29 is 4.42 Å². The number of alkyl halides is 1. The molecule has 0 atom stereocenters. The van der Waals surface area contributed by atoms with E-state index < -0.39 is 0 Å². The van der Waals surface area contributed by atoms with E-state index in [1.165, 1.54) is 5.56 Å². The highest BCUT2D eigenvalue weighted by atomic mass is 35.5. The van der Waals surface area contributed by atoms with Gasteiger partial charge in [0.05, 0.1) is 6.26 Å². The quantitative estimate of drug-likeness (QED) is 0.776. The summed E-state index contributed by atoms with van der Waals surface area (Å²) in [5.74, 6) is 2.42. The Balaban J connectivity index is 2.23. The minimum atomic E-state index is 0.515. The van der Waals surface area contributed by atoms with Crippen molar-refractivity contribution in [3.05, 3.63) is 47.0 Å². The fraction of sp³-hybridized carbons (Fsp3) is 0.400. The first kappa shape index (κ1) is 13.9. The third kappa shape index (κ3) is 3.29. The largest absolute Gasteiger partial charge is 0.469 e. The van der Waals surface area contributed by atoms with E-state index in [0.29, 0.717) is 5.88 Å². The molecule has 0 aliphatic carbocycles. The van der Waals surface area contributed by atoms with E-state index in [9.17, 15) is 0 Å². The van der Waals surface area contributed by atoms with E-state index in [0.717, 1.165) is 35.8 Å². The van der Waals surface area contributed by atoms with Gasteiger partial charge in [-0.15, -0.1) is 11.6 Å². The Hall–Kier alpha value is -1.48. The molecule has 0 fully saturated rings. The highest BCUT2D eigenvalue weighted by molar-refractivity contribution is 6.17. The van der Waals surface area contributed by atoms with Gasteiger partial charge in [0, 0.05) is 30.7 Å². The van der Waals surface area contributed by atoms with Crippen LogP contribution in [0, 0.1) is 6.92 Å². The van der Waals surface area contributed by atoms with Crippen molar-refractivity contribution in [1.29, 1.82) is 0 Å². The van der Waals surface area contributed by atoms with E-state index in [1.54, 1.807) is 6.26 Å². The van der Waals surface area contributed by atoms with E-state index in [1.807, 2.05) is 26.1 Å². The molecule has 2 heterocycles. The highest BCUT2D eigenvalue weighted by Crippen LogP contribution is 2.19. The Labute approximate surface area is 119 Å². The van der Waals surface area contributed by atoms with Crippen LogP contribution in [0.2, 0.25) is 0 Å². The zero-order valence-corrected chi connectivity index (χ0v) is 12.4. The van der Waals surface area contributed by atoms with Gasteiger partial charge in [0.1, 0.15) is 11.6 Å². The molecule has 0 saturated heterocycles. The molecule has 0 aliphatic rings. The van der Waals surface area contributed by atoms with Crippen LogP contribution in [0.5, 0.6) is 0 Å². The number of aromatic nitrogens is 1. The van der Waals surface area contributed by atoms with Crippen molar-refractivity contribution in [2.45, 2.75) is 32.7 Å². The van der Waals surface area contributed by atoms with Crippen molar-refractivity contribution in [2.24, 2.45) is 0 Å². The summed E-state index contributed by atoms with van der Waals surface area (Å²) in [4.78, 5) is 6.76. The van der Waals surface area contributed by atoms with E-state index in [-0.39, 0.29) is 0 Å². The standard InChI is InChI=1S/C15H19ClN2O/c1-4-14-7-12(9-16)8-15(17-14)18(3)10-13-5-6-19-11(13)2/h5-8H,4,9-10H2,1-3H3. The van der Waals surface area contributed by atoms with Crippen molar-refractivity contribution in [2.75, 3.05) is 11.9 Å². The SMILES string of the molecule is CCc1cc(CCl)cc(N(C)Cc2ccoc2C)n1. The average Bonchev–Trinajstić information content (AvgIpc) is 2.83. The molecule has 2 aromatic rings. The third-order valence-electron chi connectivity index (χ3n) is 3.21. The topological polar surface area (TPSA) is 29.3 Å². The van der Waals surface area contributed by atoms with Gasteiger partial charge >= 0.3 is 0 Å². The predicted octanol–water partition coefficient (Wildman–Crippen LogP) is 3.92. The molecule has 3 nitrogen and oxygen atoms in total. The fourth-order valence-corrected chi connectivity index (χ4v) is 2.15. The number of anilines is 1. The van der Waals surface area contributed by atoms with Gasteiger partial charge in [-0.25, -0.2) is 4.98 Å². The van der Waals surface area contributed by atoms with Crippen LogP contribution in [-0.2, 0) is 18.8 Å². The lowest BCUT2D eigenvalue weighted by atomic mass is 10.2. The minimum Gasteiger partial charge on any atom is -0.469 e. The Kier molecular flexibility index (Phi) is 4.48. The molecule has 0 amide bonds. The van der Waals surface area contributed by atoms with Crippen LogP contribution in [0.15, 0.2) is 28.9 Å². The van der Waals surface area contributed by atoms with Crippen molar-refractivity contribution in [3.63, 3.8) is 0 Å². The molecule has 102 valence electrons. The molecular formula is C15H19ClN2O. The Bertz CT molecular complexity index is 529. The number of nitrogens with zero attached hydrogens (tertiary/aromatic N) is 2. The normalized spacial score (nSPS) is 10.7. The Morgan fingerprint density at radius 3 is 2.74 bits per heavy atom. The Morgan fingerprint density at radius 2 is 2.16 bits per heavy atom. The summed E-state index contributed by atoms with van der Waals surface area (Å²) in [6.07, 6.45) is 2.63. The number of pyridine rings is 1. The van der Waals surface area contributed by atoms with Crippen LogP contribution in [0.3, 0.4) is 0 Å². The maximum absolute atomic E-state index is 5.94. The summed E-state index contributed by atoms with van der Waals surface area (Å²) in [6, 6.07) is 6.10. The van der Waals surface area contributed by atoms with Gasteiger partial charge < -0.3 is 9.32 Å². The van der Waals surface area contributed by atoms with E-state index in [2.05, 4.69) is 22.9 Å². The number of halogens is 1. The van der Waals surface area contributed by atoms with Crippen molar-refractivity contribution in [3.8, 4) is 0 Å². The van der Waals surface area contributed by atoms with Crippen LogP contribution in [-0.4, -0.2) is 12.0 Å². The number of hydrogen-bond acceptors (Lipinski definition) is 3. The Morgan fingerprint density at radius 1 is 1.37 bits per heavy atom. The maximum Gasteiger partial charge on any atom is 0.129 e. The molecule has 0 N–H and O–H groups in total. The molecule has 0 aliphatic heterocycles. The molecule has 2 rings (SSSR count). The zero-order chi connectivity index (χ0) is 13.8. The highest BCUT2D eigenvalue weighted by Gasteiger charge is 2.09. The van der Waals surface area contributed by atoms with E-state index in [4.69, 9.17) is 16.0 Å². The number of rotatable bonds is 5. The van der Waals surface area contributed by atoms with Crippen molar-refractivity contribution in [1.82, 2.24) is 4.98 Å². The summed E-state index contributed by atoms with van der Waals surface area (Å²) in [5.41, 5.74) is 3.36. The van der Waals surface area contributed by atoms with E-state index >= 15 is 0 Å². The third-order valence-corrected chi connectivity index (χ3v) is 3.51. The second-order valence-corrected chi connectivity index (χ2v) is 4.94. The fourth-order valence-electron chi connectivity index (χ4n) is 2.00. The first-order valence-corrected chi connectivity index (χ1v) is 6.97. The molecule has 0 radical (unpaired) electrons. The predicted molar refractivity (Wildman–Crippen MR) is 78.7 cm³/mol. The molecule has 0 bridgehead atoms.